The molecule has 0 atom stereocenters. The van der Waals surface area contributed by atoms with Gasteiger partial charge in [0.1, 0.15) is 11.5 Å². The van der Waals surface area contributed by atoms with E-state index >= 15 is 0 Å². The molecule has 8 nitrogen and oxygen atoms in total. The number of carboxylic acids is 2. The molecule has 32 heavy (non-hydrogen) atoms. The van der Waals surface area contributed by atoms with Crippen molar-refractivity contribution < 1.29 is 38.9 Å². The van der Waals surface area contributed by atoms with E-state index in [4.69, 9.17) is 9.47 Å². The largest absolute Gasteiger partial charge is 0.478 e. The zero-order chi connectivity index (χ0) is 23.4. The second-order valence-electron chi connectivity index (χ2n) is 7.01. The lowest BCUT2D eigenvalue weighted by Crippen LogP contribution is -2.00. The molecular weight excluding hydrogens is 416 g/mol. The van der Waals surface area contributed by atoms with Crippen LogP contribution in [0.3, 0.4) is 0 Å². The summed E-state index contributed by atoms with van der Waals surface area (Å²) in [6, 6.07) is 12.2. The minimum Gasteiger partial charge on any atom is -0.478 e. The SMILES string of the molecule is Cc1cc(-c2cc(OC=O)cc(C(=O)O)c2)c(C)cc1-c1cc(OC=O)cc(C(=O)O)c1. The highest BCUT2D eigenvalue weighted by Crippen LogP contribution is 2.35. The number of hydrogen-bond acceptors (Lipinski definition) is 6. The smallest absolute Gasteiger partial charge is 0.335 e. The van der Waals surface area contributed by atoms with Crippen LogP contribution in [0.1, 0.15) is 31.8 Å². The first-order valence-corrected chi connectivity index (χ1v) is 9.33. The monoisotopic (exact) mass is 434 g/mol. The molecule has 3 rings (SSSR count). The van der Waals surface area contributed by atoms with Gasteiger partial charge in [-0.05, 0) is 83.6 Å². The van der Waals surface area contributed by atoms with Crippen molar-refractivity contribution in [3.63, 3.8) is 0 Å². The molecule has 0 saturated carbocycles. The Balaban J connectivity index is 2.16. The fourth-order valence-electron chi connectivity index (χ4n) is 3.44. The summed E-state index contributed by atoms with van der Waals surface area (Å²) < 4.78 is 9.70. The number of hydrogen-bond donors (Lipinski definition) is 2. The molecule has 8 heteroatoms. The summed E-state index contributed by atoms with van der Waals surface area (Å²) in [7, 11) is 0. The van der Waals surface area contributed by atoms with Gasteiger partial charge in [-0.15, -0.1) is 0 Å². The Morgan fingerprint density at radius 2 is 1.03 bits per heavy atom. The Hall–Kier alpha value is -4.46. The lowest BCUT2D eigenvalue weighted by Gasteiger charge is -2.15. The van der Waals surface area contributed by atoms with E-state index in [9.17, 15) is 29.4 Å². The number of carbonyl (C=O) groups is 4. The van der Waals surface area contributed by atoms with Crippen LogP contribution in [0.4, 0.5) is 0 Å². The summed E-state index contributed by atoms with van der Waals surface area (Å²) in [6.45, 7) is 4.08. The Morgan fingerprint density at radius 1 is 0.656 bits per heavy atom. The molecule has 0 saturated heterocycles. The predicted octanol–water partition coefficient (Wildman–Crippen LogP) is 4.10. The molecule has 0 aliphatic carbocycles. The van der Waals surface area contributed by atoms with Gasteiger partial charge >= 0.3 is 11.9 Å². The standard InChI is InChI=1S/C24H18O8/c1-13-3-22(16-6-18(24(29)30)10-20(8-16)32-12-26)14(2)4-21(13)15-5-17(23(27)28)9-19(7-15)31-11-25/h3-12H,1-2H3,(H,27,28)(H,29,30). The van der Waals surface area contributed by atoms with Crippen molar-refractivity contribution in [1.29, 1.82) is 0 Å². The summed E-state index contributed by atoms with van der Waals surface area (Å²) in [5, 5.41) is 18.8. The van der Waals surface area contributed by atoms with E-state index in [1.165, 1.54) is 24.3 Å². The number of carboxylic acid groups (broad SMARTS) is 2. The molecule has 0 amide bonds. The van der Waals surface area contributed by atoms with Crippen LogP contribution in [0.5, 0.6) is 11.5 Å². The van der Waals surface area contributed by atoms with Gasteiger partial charge in [0.05, 0.1) is 11.1 Å². The summed E-state index contributed by atoms with van der Waals surface area (Å²) >= 11 is 0. The third-order valence-corrected chi connectivity index (χ3v) is 4.87. The first-order chi connectivity index (χ1) is 15.2. The number of rotatable bonds is 8. The molecule has 0 aromatic heterocycles. The average Bonchev–Trinajstić information content (AvgIpc) is 2.75. The van der Waals surface area contributed by atoms with Crippen LogP contribution in [0.15, 0.2) is 48.5 Å². The molecule has 0 unspecified atom stereocenters. The van der Waals surface area contributed by atoms with Crippen LogP contribution in [-0.2, 0) is 9.59 Å². The summed E-state index contributed by atoms with van der Waals surface area (Å²) in [5.74, 6) is -2.13. The molecule has 0 aliphatic heterocycles. The second kappa shape index (κ2) is 9.13. The number of benzene rings is 3. The van der Waals surface area contributed by atoms with Crippen molar-refractivity contribution in [1.82, 2.24) is 0 Å². The highest BCUT2D eigenvalue weighted by atomic mass is 16.5. The minimum absolute atomic E-state index is 0.0368. The van der Waals surface area contributed by atoms with Crippen LogP contribution in [0, 0.1) is 13.8 Å². The van der Waals surface area contributed by atoms with Crippen LogP contribution in [0.2, 0.25) is 0 Å². The predicted molar refractivity (Wildman–Crippen MR) is 114 cm³/mol. The molecule has 0 spiro atoms. The molecule has 0 heterocycles. The summed E-state index contributed by atoms with van der Waals surface area (Å²) in [4.78, 5) is 44.4. The van der Waals surface area contributed by atoms with E-state index in [1.807, 2.05) is 26.0 Å². The topological polar surface area (TPSA) is 127 Å². The molecule has 3 aromatic rings. The lowest BCUT2D eigenvalue weighted by molar-refractivity contribution is -0.121. The molecule has 2 N–H and O–H groups in total. The molecule has 0 fully saturated rings. The summed E-state index contributed by atoms with van der Waals surface area (Å²) in [5.41, 5.74) is 3.96. The number of carbonyl (C=O) groups excluding carboxylic acids is 2. The summed E-state index contributed by atoms with van der Waals surface area (Å²) in [6.07, 6.45) is 0. The quantitative estimate of drug-likeness (QED) is 0.507. The van der Waals surface area contributed by atoms with Crippen molar-refractivity contribution in [3.8, 4) is 33.8 Å². The van der Waals surface area contributed by atoms with E-state index in [0.717, 1.165) is 11.1 Å². The molecular formula is C24H18O8. The van der Waals surface area contributed by atoms with Gasteiger partial charge in [0.2, 0.25) is 0 Å². The van der Waals surface area contributed by atoms with Gasteiger partial charge in [-0.3, -0.25) is 9.59 Å². The fraction of sp³-hybridized carbons (Fsp3) is 0.0833. The van der Waals surface area contributed by atoms with E-state index in [1.54, 1.807) is 12.1 Å². The Morgan fingerprint density at radius 3 is 1.34 bits per heavy atom. The first kappa shape index (κ1) is 22.2. The highest BCUT2D eigenvalue weighted by molar-refractivity contribution is 5.92. The van der Waals surface area contributed by atoms with Crippen molar-refractivity contribution in [2.45, 2.75) is 13.8 Å². The maximum Gasteiger partial charge on any atom is 0.335 e. The number of ether oxygens (including phenoxy) is 2. The zero-order valence-corrected chi connectivity index (χ0v) is 17.1. The average molecular weight is 434 g/mol. The zero-order valence-electron chi connectivity index (χ0n) is 17.1. The molecule has 0 bridgehead atoms. The van der Waals surface area contributed by atoms with E-state index in [0.29, 0.717) is 22.3 Å². The highest BCUT2D eigenvalue weighted by Gasteiger charge is 2.15. The molecule has 3 aromatic carbocycles. The third-order valence-electron chi connectivity index (χ3n) is 4.87. The van der Waals surface area contributed by atoms with Crippen LogP contribution in [-0.4, -0.2) is 35.1 Å². The van der Waals surface area contributed by atoms with Crippen LogP contribution >= 0.6 is 0 Å². The van der Waals surface area contributed by atoms with Crippen LogP contribution < -0.4 is 9.47 Å². The molecule has 0 radical (unpaired) electrons. The van der Waals surface area contributed by atoms with Crippen molar-refractivity contribution >= 4 is 24.9 Å². The Labute approximate surface area is 182 Å². The van der Waals surface area contributed by atoms with Gasteiger partial charge in [-0.1, -0.05) is 12.1 Å². The van der Waals surface area contributed by atoms with Gasteiger partial charge in [0.25, 0.3) is 12.9 Å². The lowest BCUT2D eigenvalue weighted by atomic mass is 9.90. The van der Waals surface area contributed by atoms with Crippen molar-refractivity contribution in [2.75, 3.05) is 0 Å². The first-order valence-electron chi connectivity index (χ1n) is 9.33. The Kier molecular flexibility index (Phi) is 6.34. The van der Waals surface area contributed by atoms with Crippen LogP contribution in [0.25, 0.3) is 22.3 Å². The maximum absolute atomic E-state index is 11.5. The molecule has 162 valence electrons. The van der Waals surface area contributed by atoms with Gasteiger partial charge in [-0.25, -0.2) is 9.59 Å². The van der Waals surface area contributed by atoms with E-state index in [-0.39, 0.29) is 35.6 Å². The van der Waals surface area contributed by atoms with E-state index < -0.39 is 11.9 Å². The van der Waals surface area contributed by atoms with Gasteiger partial charge < -0.3 is 19.7 Å². The van der Waals surface area contributed by atoms with Crippen molar-refractivity contribution in [3.05, 3.63) is 70.8 Å². The Bertz CT molecular complexity index is 1150. The fourth-order valence-corrected chi connectivity index (χ4v) is 3.44. The second-order valence-corrected chi connectivity index (χ2v) is 7.01. The normalized spacial score (nSPS) is 10.3. The third kappa shape index (κ3) is 4.65. The van der Waals surface area contributed by atoms with Gasteiger partial charge in [0.15, 0.2) is 0 Å². The maximum atomic E-state index is 11.5. The van der Waals surface area contributed by atoms with Crippen molar-refractivity contribution in [2.24, 2.45) is 0 Å². The van der Waals surface area contributed by atoms with Gasteiger partial charge in [0, 0.05) is 0 Å². The molecule has 0 aliphatic rings. The van der Waals surface area contributed by atoms with Gasteiger partial charge in [-0.2, -0.15) is 0 Å². The number of aryl methyl sites for hydroxylation is 2. The number of aromatic carboxylic acids is 2. The minimum atomic E-state index is -1.17. The van der Waals surface area contributed by atoms with E-state index in [2.05, 4.69) is 0 Å².